The fraction of sp³-hybridized carbons (Fsp3) is 0.269. The monoisotopic (exact) mass is 496 g/mol. The van der Waals surface area contributed by atoms with Gasteiger partial charge in [-0.1, -0.05) is 30.3 Å². The van der Waals surface area contributed by atoms with Gasteiger partial charge in [-0.15, -0.1) is 0 Å². The number of aromatic nitrogens is 3. The molecule has 0 unspecified atom stereocenters. The third-order valence-corrected chi connectivity index (χ3v) is 6.43. The van der Waals surface area contributed by atoms with Crippen molar-refractivity contribution in [3.05, 3.63) is 83.7 Å². The van der Waals surface area contributed by atoms with Gasteiger partial charge in [0.05, 0.1) is 45.2 Å². The minimum atomic E-state index is -4.68. The van der Waals surface area contributed by atoms with Gasteiger partial charge in [0.15, 0.2) is 11.3 Å². The lowest BCUT2D eigenvalue weighted by molar-refractivity contribution is -0.917. The van der Waals surface area contributed by atoms with Gasteiger partial charge in [-0.3, -0.25) is 4.79 Å². The highest BCUT2D eigenvalue weighted by Gasteiger charge is 2.36. The van der Waals surface area contributed by atoms with Crippen LogP contribution in [0.2, 0.25) is 0 Å². The van der Waals surface area contributed by atoms with E-state index in [2.05, 4.69) is 22.2 Å². The summed E-state index contributed by atoms with van der Waals surface area (Å²) in [6.07, 6.45) is -3.50. The Kier molecular flexibility index (Phi) is 6.36. The molecule has 1 saturated heterocycles. The number of hydrogen-bond donors (Lipinski definition) is 1. The summed E-state index contributed by atoms with van der Waals surface area (Å²) in [7, 11) is 1.51. The first-order valence-corrected chi connectivity index (χ1v) is 11.6. The van der Waals surface area contributed by atoms with E-state index in [-0.39, 0.29) is 22.8 Å². The molecule has 0 bridgehead atoms. The van der Waals surface area contributed by atoms with Gasteiger partial charge in [0.1, 0.15) is 17.9 Å². The number of hydrogen-bond acceptors (Lipinski definition) is 4. The molecule has 0 spiro atoms. The fourth-order valence-corrected chi connectivity index (χ4v) is 4.48. The van der Waals surface area contributed by atoms with Crippen LogP contribution < -0.4 is 9.64 Å². The second-order valence-corrected chi connectivity index (χ2v) is 8.75. The van der Waals surface area contributed by atoms with E-state index in [0.29, 0.717) is 28.9 Å². The number of nitrogens with one attached hydrogen (secondary N) is 1. The van der Waals surface area contributed by atoms with Crippen molar-refractivity contribution in [1.29, 1.82) is 0 Å². The predicted octanol–water partition coefficient (Wildman–Crippen LogP) is 2.96. The summed E-state index contributed by atoms with van der Waals surface area (Å²) in [5.74, 6) is 0.209. The normalized spacial score (nSPS) is 14.8. The quantitative estimate of drug-likeness (QED) is 0.462. The number of benzene rings is 2. The minimum absolute atomic E-state index is 0.0578. The summed E-state index contributed by atoms with van der Waals surface area (Å²) in [5, 5.41) is 3.90. The van der Waals surface area contributed by atoms with Crippen LogP contribution in [-0.4, -0.2) is 58.7 Å². The van der Waals surface area contributed by atoms with Crippen LogP contribution in [0.3, 0.4) is 0 Å². The Morgan fingerprint density at radius 2 is 1.75 bits per heavy atom. The van der Waals surface area contributed by atoms with Gasteiger partial charge in [0.2, 0.25) is 0 Å². The van der Waals surface area contributed by atoms with Crippen molar-refractivity contribution < 1.29 is 27.6 Å². The number of rotatable bonds is 5. The maximum atomic E-state index is 13.9. The molecule has 1 aliphatic rings. The number of alkyl halides is 3. The number of amides is 1. The third kappa shape index (κ3) is 4.76. The zero-order valence-electron chi connectivity index (χ0n) is 19.6. The zero-order valence-corrected chi connectivity index (χ0v) is 19.6. The van der Waals surface area contributed by atoms with Crippen LogP contribution >= 0.6 is 0 Å². The molecule has 7 nitrogen and oxygen atoms in total. The van der Waals surface area contributed by atoms with Gasteiger partial charge in [-0.2, -0.15) is 18.3 Å². The maximum Gasteiger partial charge on any atom is 0.433 e. The van der Waals surface area contributed by atoms with Gasteiger partial charge in [0, 0.05) is 11.1 Å². The molecule has 4 aromatic rings. The summed E-state index contributed by atoms with van der Waals surface area (Å²) in [6.45, 7) is 3.36. The number of halogens is 3. The van der Waals surface area contributed by atoms with Crippen molar-refractivity contribution in [3.63, 3.8) is 0 Å². The molecule has 186 valence electrons. The molecular formula is C26H25F3N5O2+. The molecule has 1 fully saturated rings. The summed E-state index contributed by atoms with van der Waals surface area (Å²) in [6, 6.07) is 17.6. The average molecular weight is 497 g/mol. The van der Waals surface area contributed by atoms with E-state index in [0.717, 1.165) is 25.7 Å². The summed E-state index contributed by atoms with van der Waals surface area (Å²) in [5.41, 5.74) is 0.757. The van der Waals surface area contributed by atoms with Gasteiger partial charge in [-0.25, -0.2) is 9.50 Å². The maximum absolute atomic E-state index is 13.9. The molecule has 2 aromatic heterocycles. The van der Waals surface area contributed by atoms with Crippen molar-refractivity contribution in [1.82, 2.24) is 19.5 Å². The number of piperazine rings is 1. The Balaban J connectivity index is 1.42. The van der Waals surface area contributed by atoms with Crippen molar-refractivity contribution in [2.75, 3.05) is 33.3 Å². The van der Waals surface area contributed by atoms with E-state index in [4.69, 9.17) is 4.74 Å². The topological polar surface area (TPSA) is 64.2 Å². The van der Waals surface area contributed by atoms with E-state index in [9.17, 15) is 18.0 Å². The van der Waals surface area contributed by atoms with Crippen LogP contribution in [0.25, 0.3) is 16.9 Å². The number of fused-ring (bicyclic) bond motifs is 1. The fourth-order valence-electron chi connectivity index (χ4n) is 4.48. The summed E-state index contributed by atoms with van der Waals surface area (Å²) in [4.78, 5) is 20.8. The Morgan fingerprint density at radius 1 is 1.06 bits per heavy atom. The molecule has 0 saturated carbocycles. The van der Waals surface area contributed by atoms with Crippen molar-refractivity contribution in [2.24, 2.45) is 0 Å². The molecular weight excluding hydrogens is 471 g/mol. The lowest BCUT2D eigenvalue weighted by atomic mass is 10.1. The first kappa shape index (κ1) is 23.8. The Labute approximate surface area is 205 Å². The lowest BCUT2D eigenvalue weighted by Gasteiger charge is -2.32. The van der Waals surface area contributed by atoms with Crippen molar-refractivity contribution in [3.8, 4) is 17.0 Å². The molecule has 1 amide bonds. The highest BCUT2D eigenvalue weighted by atomic mass is 19.4. The molecule has 36 heavy (non-hydrogen) atoms. The summed E-state index contributed by atoms with van der Waals surface area (Å²) >= 11 is 0. The molecule has 0 atom stereocenters. The van der Waals surface area contributed by atoms with Crippen LogP contribution in [-0.2, 0) is 12.7 Å². The molecule has 1 N–H and O–H groups in total. The number of nitrogens with zero attached hydrogens (tertiary/aromatic N) is 4. The average Bonchev–Trinajstić information content (AvgIpc) is 3.32. The molecule has 0 radical (unpaired) electrons. The third-order valence-electron chi connectivity index (χ3n) is 6.43. The smallest absolute Gasteiger partial charge is 0.433 e. The predicted molar refractivity (Wildman–Crippen MR) is 127 cm³/mol. The molecule has 0 aliphatic carbocycles. The molecule has 3 heterocycles. The molecule has 2 aromatic carbocycles. The highest BCUT2D eigenvalue weighted by Crippen LogP contribution is 2.33. The van der Waals surface area contributed by atoms with Gasteiger partial charge in [-0.05, 0) is 30.3 Å². The first-order valence-electron chi connectivity index (χ1n) is 11.6. The molecule has 5 rings (SSSR count). The second kappa shape index (κ2) is 9.62. The van der Waals surface area contributed by atoms with Crippen molar-refractivity contribution >= 4 is 11.6 Å². The van der Waals surface area contributed by atoms with E-state index in [1.54, 1.807) is 29.2 Å². The number of carbonyl (C=O) groups excluding carboxylic acids is 1. The van der Waals surface area contributed by atoms with E-state index < -0.39 is 11.9 Å². The van der Waals surface area contributed by atoms with Crippen LogP contribution in [0, 0.1) is 0 Å². The number of ether oxygens (including phenoxy) is 1. The summed E-state index contributed by atoms with van der Waals surface area (Å²) < 4.78 is 47.6. The van der Waals surface area contributed by atoms with Gasteiger partial charge < -0.3 is 14.5 Å². The molecule has 10 heteroatoms. The number of quaternary nitrogens is 1. The Morgan fingerprint density at radius 3 is 2.39 bits per heavy atom. The van der Waals surface area contributed by atoms with Gasteiger partial charge >= 0.3 is 6.18 Å². The van der Waals surface area contributed by atoms with Crippen LogP contribution in [0.4, 0.5) is 13.2 Å². The van der Waals surface area contributed by atoms with Crippen LogP contribution in [0.15, 0.2) is 66.9 Å². The highest BCUT2D eigenvalue weighted by molar-refractivity contribution is 6.00. The Bertz CT molecular complexity index is 1360. The number of methoxy groups -OCH3 is 1. The van der Waals surface area contributed by atoms with E-state index in [1.165, 1.54) is 23.8 Å². The SMILES string of the molecule is COc1ccc(-c2cc(C(F)(F)F)n3ncc(C(=O)N4CC[NH+](Cc5ccccc5)CC4)c3n2)cc1. The first-order chi connectivity index (χ1) is 17.3. The van der Waals surface area contributed by atoms with Gasteiger partial charge in [0.25, 0.3) is 5.91 Å². The second-order valence-electron chi connectivity index (χ2n) is 8.75. The standard InChI is InChI=1S/C26H24F3N5O2/c1-36-20-9-7-19(8-10-20)22-15-23(26(27,28)29)34-24(31-22)21(16-30-34)25(35)33-13-11-32(12-14-33)17-18-5-3-2-4-6-18/h2-10,15-16H,11-14,17H2,1H3/p+1. The van der Waals surface area contributed by atoms with E-state index in [1.807, 2.05) is 18.2 Å². The minimum Gasteiger partial charge on any atom is -0.497 e. The molecule has 1 aliphatic heterocycles. The lowest BCUT2D eigenvalue weighted by Crippen LogP contribution is -3.13. The van der Waals surface area contributed by atoms with Crippen molar-refractivity contribution in [2.45, 2.75) is 12.7 Å². The zero-order chi connectivity index (χ0) is 25.3. The number of carbonyl (C=O) groups is 1. The van der Waals surface area contributed by atoms with E-state index >= 15 is 0 Å². The van der Waals surface area contributed by atoms with Crippen LogP contribution in [0.1, 0.15) is 21.6 Å². The van der Waals surface area contributed by atoms with Crippen LogP contribution in [0.5, 0.6) is 5.75 Å². The largest absolute Gasteiger partial charge is 0.497 e. The Hall–Kier alpha value is -3.92.